The fourth-order valence-electron chi connectivity index (χ4n) is 3.76. The van der Waals surface area contributed by atoms with Crippen molar-refractivity contribution >= 4 is 11.6 Å². The van der Waals surface area contributed by atoms with Crippen LogP contribution in [0.2, 0.25) is 0 Å². The molecular weight excluding hydrogens is 429 g/mol. The molecule has 1 N–H and O–H groups in total. The molecule has 0 bridgehead atoms. The van der Waals surface area contributed by atoms with Gasteiger partial charge in [-0.1, -0.05) is 48.5 Å². The number of likely N-dealkylation sites (N-methyl/N-ethyl adjacent to an activating group) is 1. The van der Waals surface area contributed by atoms with Crippen molar-refractivity contribution in [3.63, 3.8) is 0 Å². The van der Waals surface area contributed by atoms with Gasteiger partial charge in [0.25, 0.3) is 0 Å². The number of rotatable bonds is 9. The molecule has 1 atom stereocenters. The third-order valence-electron chi connectivity index (χ3n) is 5.45. The molecule has 174 valence electrons. The predicted octanol–water partition coefficient (Wildman–Crippen LogP) is 5.64. The third kappa shape index (κ3) is 6.28. The molecule has 33 heavy (non-hydrogen) atoms. The molecule has 0 fully saturated rings. The second kappa shape index (κ2) is 10.9. The van der Waals surface area contributed by atoms with E-state index in [9.17, 15) is 18.0 Å². The lowest BCUT2D eigenvalue weighted by atomic mass is 10.0. The van der Waals surface area contributed by atoms with Gasteiger partial charge in [0.05, 0.1) is 12.7 Å². The lowest BCUT2D eigenvalue weighted by Gasteiger charge is -2.33. The molecule has 0 aromatic heterocycles. The largest absolute Gasteiger partial charge is 0.497 e. The van der Waals surface area contributed by atoms with Crippen molar-refractivity contribution in [1.29, 1.82) is 0 Å². The van der Waals surface area contributed by atoms with Gasteiger partial charge in [-0.25, -0.2) is 0 Å². The van der Waals surface area contributed by atoms with E-state index >= 15 is 0 Å². The normalized spacial score (nSPS) is 12.2. The van der Waals surface area contributed by atoms with Crippen LogP contribution in [0.1, 0.15) is 29.2 Å². The van der Waals surface area contributed by atoms with E-state index in [2.05, 4.69) is 5.32 Å². The molecule has 0 heterocycles. The number of aryl methyl sites for hydroxylation is 1. The van der Waals surface area contributed by atoms with Crippen LogP contribution in [0.15, 0.2) is 78.9 Å². The number of ether oxygens (including phenoxy) is 1. The van der Waals surface area contributed by atoms with Gasteiger partial charge in [0, 0.05) is 25.3 Å². The number of amides is 1. The van der Waals surface area contributed by atoms with Crippen molar-refractivity contribution < 1.29 is 22.7 Å². The second-order valence-corrected chi connectivity index (χ2v) is 7.62. The highest BCUT2D eigenvalue weighted by molar-refractivity contribution is 5.86. The van der Waals surface area contributed by atoms with Crippen LogP contribution in [0.5, 0.6) is 5.75 Å². The zero-order valence-electron chi connectivity index (χ0n) is 18.6. The van der Waals surface area contributed by atoms with Crippen LogP contribution in [0.3, 0.4) is 0 Å². The molecule has 7 heteroatoms. The van der Waals surface area contributed by atoms with Crippen LogP contribution in [0, 0.1) is 0 Å². The Morgan fingerprint density at radius 2 is 1.70 bits per heavy atom. The number of methoxy groups -OCH3 is 1. The number of hydrogen-bond acceptors (Lipinski definition) is 3. The summed E-state index contributed by atoms with van der Waals surface area (Å²) in [7, 11) is 3.19. The Labute approximate surface area is 192 Å². The summed E-state index contributed by atoms with van der Waals surface area (Å²) in [4.78, 5) is 15.0. The van der Waals surface area contributed by atoms with Crippen molar-refractivity contribution in [2.45, 2.75) is 25.1 Å². The lowest BCUT2D eigenvalue weighted by molar-refractivity contribution is -0.137. The Morgan fingerprint density at radius 1 is 1.00 bits per heavy atom. The van der Waals surface area contributed by atoms with Crippen molar-refractivity contribution in [1.82, 2.24) is 5.32 Å². The Kier molecular flexibility index (Phi) is 7.98. The molecule has 3 rings (SSSR count). The maximum atomic E-state index is 13.0. The van der Waals surface area contributed by atoms with Crippen LogP contribution < -0.4 is 15.0 Å². The van der Waals surface area contributed by atoms with Gasteiger partial charge >= 0.3 is 6.18 Å². The van der Waals surface area contributed by atoms with Gasteiger partial charge in [0.15, 0.2) is 0 Å². The molecule has 0 saturated carbocycles. The number of carbonyl (C=O) groups is 1. The highest BCUT2D eigenvalue weighted by Crippen LogP contribution is 2.31. The summed E-state index contributed by atoms with van der Waals surface area (Å²) >= 11 is 0. The number of benzene rings is 3. The third-order valence-corrected chi connectivity index (χ3v) is 5.45. The summed E-state index contributed by atoms with van der Waals surface area (Å²) in [5.41, 5.74) is 1.81. The zero-order valence-corrected chi connectivity index (χ0v) is 18.6. The maximum Gasteiger partial charge on any atom is 0.416 e. The summed E-state index contributed by atoms with van der Waals surface area (Å²) in [5, 5.41) is 2.75. The Morgan fingerprint density at radius 3 is 2.30 bits per heavy atom. The minimum atomic E-state index is -4.35. The zero-order chi connectivity index (χ0) is 23.8. The van der Waals surface area contributed by atoms with Gasteiger partial charge in [0.2, 0.25) is 5.91 Å². The number of anilines is 1. The van der Waals surface area contributed by atoms with Crippen molar-refractivity contribution in [3.05, 3.63) is 95.6 Å². The van der Waals surface area contributed by atoms with Gasteiger partial charge in [-0.3, -0.25) is 4.79 Å². The van der Waals surface area contributed by atoms with Crippen LogP contribution in [-0.2, 0) is 17.4 Å². The predicted molar refractivity (Wildman–Crippen MR) is 123 cm³/mol. The topological polar surface area (TPSA) is 41.6 Å². The molecular formula is C26H27F3N2O2. The fourth-order valence-corrected chi connectivity index (χ4v) is 3.76. The summed E-state index contributed by atoms with van der Waals surface area (Å²) in [6.07, 6.45) is -3.13. The molecule has 0 radical (unpaired) electrons. The molecule has 0 spiro atoms. The van der Waals surface area contributed by atoms with E-state index < -0.39 is 17.8 Å². The Hall–Kier alpha value is -3.48. The van der Waals surface area contributed by atoms with Crippen LogP contribution in [0.25, 0.3) is 0 Å². The van der Waals surface area contributed by atoms with Crippen molar-refractivity contribution in [2.75, 3.05) is 25.6 Å². The number of nitrogens with one attached hydrogen (secondary N) is 1. The average molecular weight is 457 g/mol. The number of halogens is 3. The van der Waals surface area contributed by atoms with Crippen molar-refractivity contribution in [3.8, 4) is 5.75 Å². The minimum absolute atomic E-state index is 0.154. The summed E-state index contributed by atoms with van der Waals surface area (Å²) in [6, 6.07) is 21.6. The molecule has 0 aliphatic rings. The molecule has 4 nitrogen and oxygen atoms in total. The molecule has 3 aromatic carbocycles. The Balaban J connectivity index is 1.86. The quantitative estimate of drug-likeness (QED) is 0.453. The standard InChI is InChI=1S/C26H27F3N2O2/c1-30-25(32)24(20-9-4-3-5-10-20)31(22-11-6-12-23(18-22)33-2)17-7-8-19-13-15-21(16-14-19)26(27,28)29/h3-6,9-16,18,24H,7-8,17H2,1-2H3,(H,30,32)/t24-/m1/s1. The highest BCUT2D eigenvalue weighted by atomic mass is 19.4. The Bertz CT molecular complexity index is 1040. The van der Waals surface area contributed by atoms with Gasteiger partial charge < -0.3 is 15.0 Å². The number of nitrogens with zero attached hydrogens (tertiary/aromatic N) is 1. The molecule has 0 aliphatic heterocycles. The fraction of sp³-hybridized carbons (Fsp3) is 0.269. The monoisotopic (exact) mass is 456 g/mol. The van der Waals surface area contributed by atoms with Gasteiger partial charge in [0.1, 0.15) is 11.8 Å². The van der Waals surface area contributed by atoms with Crippen LogP contribution >= 0.6 is 0 Å². The van der Waals surface area contributed by atoms with Gasteiger partial charge in [-0.05, 0) is 48.2 Å². The first-order valence-electron chi connectivity index (χ1n) is 10.7. The number of alkyl halides is 3. The van der Waals surface area contributed by atoms with E-state index in [1.807, 2.05) is 59.5 Å². The van der Waals surface area contributed by atoms with E-state index in [0.29, 0.717) is 25.1 Å². The van der Waals surface area contributed by atoms with Gasteiger partial charge in [-0.2, -0.15) is 13.2 Å². The molecule has 1 amide bonds. The van der Waals surface area contributed by atoms with Crippen LogP contribution in [0.4, 0.5) is 18.9 Å². The van der Waals surface area contributed by atoms with E-state index in [0.717, 1.165) is 28.9 Å². The number of hydrogen-bond donors (Lipinski definition) is 1. The van der Waals surface area contributed by atoms with E-state index in [1.165, 1.54) is 12.1 Å². The average Bonchev–Trinajstić information content (AvgIpc) is 2.83. The smallest absolute Gasteiger partial charge is 0.416 e. The second-order valence-electron chi connectivity index (χ2n) is 7.62. The van der Waals surface area contributed by atoms with E-state index in [-0.39, 0.29) is 5.91 Å². The first-order chi connectivity index (χ1) is 15.8. The molecule has 0 unspecified atom stereocenters. The number of carbonyl (C=O) groups excluding carboxylic acids is 1. The molecule has 0 saturated heterocycles. The highest BCUT2D eigenvalue weighted by Gasteiger charge is 2.30. The van der Waals surface area contributed by atoms with Crippen molar-refractivity contribution in [2.24, 2.45) is 0 Å². The summed E-state index contributed by atoms with van der Waals surface area (Å²) in [6.45, 7) is 0.515. The summed E-state index contributed by atoms with van der Waals surface area (Å²) in [5.74, 6) is 0.516. The SMILES string of the molecule is CNC(=O)[C@@H](c1ccccc1)N(CCCc1ccc(C(F)(F)F)cc1)c1cccc(OC)c1. The molecule has 3 aromatic rings. The maximum absolute atomic E-state index is 13.0. The van der Waals surface area contributed by atoms with Gasteiger partial charge in [-0.15, -0.1) is 0 Å². The summed E-state index contributed by atoms with van der Waals surface area (Å²) < 4.78 is 43.9. The first-order valence-corrected chi connectivity index (χ1v) is 10.7. The van der Waals surface area contributed by atoms with Crippen LogP contribution in [-0.4, -0.2) is 26.6 Å². The van der Waals surface area contributed by atoms with E-state index in [1.54, 1.807) is 14.2 Å². The lowest BCUT2D eigenvalue weighted by Crippen LogP contribution is -2.40. The first kappa shape index (κ1) is 24.2. The molecule has 0 aliphatic carbocycles. The minimum Gasteiger partial charge on any atom is -0.497 e. The van der Waals surface area contributed by atoms with E-state index in [4.69, 9.17) is 4.74 Å².